The minimum atomic E-state index is 0.197. The van der Waals surface area contributed by atoms with E-state index in [1.807, 2.05) is 12.4 Å². The first-order chi connectivity index (χ1) is 8.25. The number of amides is 1. The monoisotopic (exact) mass is 253 g/mol. The molecule has 4 nitrogen and oxygen atoms in total. The molecule has 1 aliphatic carbocycles. The van der Waals surface area contributed by atoms with Crippen molar-refractivity contribution in [3.8, 4) is 0 Å². The number of carbonyl (C=O) groups is 1. The lowest BCUT2D eigenvalue weighted by Gasteiger charge is -2.04. The zero-order chi connectivity index (χ0) is 12.1. The van der Waals surface area contributed by atoms with Crippen molar-refractivity contribution in [2.24, 2.45) is 0 Å². The molecule has 5 heteroatoms. The van der Waals surface area contributed by atoms with Crippen molar-refractivity contribution in [1.29, 1.82) is 0 Å². The second-order valence-corrected chi connectivity index (χ2v) is 5.42. The van der Waals surface area contributed by atoms with E-state index in [0.717, 1.165) is 38.0 Å². The average Bonchev–Trinajstić information content (AvgIpc) is 3.01. The Balaban J connectivity index is 1.51. The summed E-state index contributed by atoms with van der Waals surface area (Å²) in [6.45, 7) is 3.77. The number of rotatable bonds is 7. The van der Waals surface area contributed by atoms with Crippen molar-refractivity contribution in [3.63, 3.8) is 0 Å². The molecule has 0 aliphatic heterocycles. The predicted octanol–water partition coefficient (Wildman–Crippen LogP) is 1.60. The molecule has 1 amide bonds. The van der Waals surface area contributed by atoms with Gasteiger partial charge in [-0.2, -0.15) is 0 Å². The molecule has 0 saturated heterocycles. The smallest absolute Gasteiger partial charge is 0.220 e. The van der Waals surface area contributed by atoms with Gasteiger partial charge in [-0.05, 0) is 32.7 Å². The van der Waals surface area contributed by atoms with E-state index in [1.54, 1.807) is 11.3 Å². The molecule has 94 valence electrons. The molecule has 0 atom stereocenters. The van der Waals surface area contributed by atoms with Crippen molar-refractivity contribution in [2.45, 2.75) is 45.2 Å². The minimum Gasteiger partial charge on any atom is -0.353 e. The maximum absolute atomic E-state index is 11.4. The molecule has 17 heavy (non-hydrogen) atoms. The summed E-state index contributed by atoms with van der Waals surface area (Å²) in [5.41, 5.74) is 2.98. The van der Waals surface area contributed by atoms with Gasteiger partial charge in [-0.25, -0.2) is 4.98 Å². The molecule has 1 saturated carbocycles. The quantitative estimate of drug-likeness (QED) is 0.726. The van der Waals surface area contributed by atoms with Crippen molar-refractivity contribution in [2.75, 3.05) is 6.54 Å². The SMILES string of the molecule is Cc1ncsc1CNCCCC(=O)NC1CC1. The van der Waals surface area contributed by atoms with Gasteiger partial charge in [-0.1, -0.05) is 0 Å². The number of hydrogen-bond donors (Lipinski definition) is 2. The second kappa shape index (κ2) is 6.12. The van der Waals surface area contributed by atoms with Crippen LogP contribution in [0.15, 0.2) is 5.51 Å². The van der Waals surface area contributed by atoms with Gasteiger partial charge in [0, 0.05) is 23.9 Å². The average molecular weight is 253 g/mol. The van der Waals surface area contributed by atoms with E-state index in [2.05, 4.69) is 15.6 Å². The summed E-state index contributed by atoms with van der Waals surface area (Å²) in [6.07, 6.45) is 3.85. The summed E-state index contributed by atoms with van der Waals surface area (Å²) in [7, 11) is 0. The highest BCUT2D eigenvalue weighted by Gasteiger charge is 2.22. The van der Waals surface area contributed by atoms with Crippen LogP contribution in [0.4, 0.5) is 0 Å². The van der Waals surface area contributed by atoms with Gasteiger partial charge in [0.15, 0.2) is 0 Å². The Bertz CT molecular complexity index is 374. The minimum absolute atomic E-state index is 0.197. The summed E-state index contributed by atoms with van der Waals surface area (Å²) in [5.74, 6) is 0.197. The number of thiazole rings is 1. The van der Waals surface area contributed by atoms with Crippen LogP contribution in [-0.2, 0) is 11.3 Å². The maximum atomic E-state index is 11.4. The van der Waals surface area contributed by atoms with Gasteiger partial charge < -0.3 is 10.6 Å². The van der Waals surface area contributed by atoms with E-state index < -0.39 is 0 Å². The van der Waals surface area contributed by atoms with E-state index in [9.17, 15) is 4.79 Å². The highest BCUT2D eigenvalue weighted by atomic mass is 32.1. The van der Waals surface area contributed by atoms with E-state index in [1.165, 1.54) is 4.88 Å². The molecule has 0 bridgehead atoms. The zero-order valence-electron chi connectivity index (χ0n) is 10.2. The fraction of sp³-hybridized carbons (Fsp3) is 0.667. The first-order valence-electron chi connectivity index (χ1n) is 6.15. The van der Waals surface area contributed by atoms with E-state index in [0.29, 0.717) is 12.5 Å². The standard InChI is InChI=1S/C12H19N3OS/c1-9-11(17-8-14-9)7-13-6-2-3-12(16)15-10-4-5-10/h8,10,13H,2-7H2,1H3,(H,15,16). The fourth-order valence-electron chi connectivity index (χ4n) is 1.60. The molecule has 0 radical (unpaired) electrons. The van der Waals surface area contributed by atoms with Crippen LogP contribution in [-0.4, -0.2) is 23.5 Å². The number of aromatic nitrogens is 1. The molecular weight excluding hydrogens is 234 g/mol. The maximum Gasteiger partial charge on any atom is 0.220 e. The van der Waals surface area contributed by atoms with Crippen LogP contribution in [0.2, 0.25) is 0 Å². The molecule has 1 aromatic rings. The zero-order valence-corrected chi connectivity index (χ0v) is 11.0. The van der Waals surface area contributed by atoms with Gasteiger partial charge in [0.2, 0.25) is 5.91 Å². The molecule has 2 N–H and O–H groups in total. The Hall–Kier alpha value is -0.940. The molecule has 1 fully saturated rings. The number of nitrogens with one attached hydrogen (secondary N) is 2. The molecule has 1 aromatic heterocycles. The molecule has 0 spiro atoms. The van der Waals surface area contributed by atoms with Crippen LogP contribution in [0.5, 0.6) is 0 Å². The Labute approximate surface area is 106 Å². The van der Waals surface area contributed by atoms with Gasteiger partial charge in [0.05, 0.1) is 11.2 Å². The van der Waals surface area contributed by atoms with E-state index in [-0.39, 0.29) is 5.91 Å². The highest BCUT2D eigenvalue weighted by Crippen LogP contribution is 2.18. The van der Waals surface area contributed by atoms with E-state index in [4.69, 9.17) is 0 Å². The lowest BCUT2D eigenvalue weighted by Crippen LogP contribution is -2.26. The topological polar surface area (TPSA) is 54.0 Å². The first-order valence-corrected chi connectivity index (χ1v) is 7.02. The molecule has 0 aromatic carbocycles. The summed E-state index contributed by atoms with van der Waals surface area (Å²) in [6, 6.07) is 0.482. The van der Waals surface area contributed by atoms with Crippen LogP contribution >= 0.6 is 11.3 Å². The Morgan fingerprint density at radius 3 is 3.06 bits per heavy atom. The van der Waals surface area contributed by atoms with Crippen LogP contribution in [0, 0.1) is 6.92 Å². The summed E-state index contributed by atoms with van der Waals surface area (Å²) >= 11 is 1.68. The van der Waals surface area contributed by atoms with Crippen molar-refractivity contribution in [3.05, 3.63) is 16.1 Å². The third-order valence-electron chi connectivity index (χ3n) is 2.83. The molecular formula is C12H19N3OS. The Morgan fingerprint density at radius 2 is 2.41 bits per heavy atom. The normalized spacial score (nSPS) is 14.9. The third-order valence-corrected chi connectivity index (χ3v) is 3.77. The largest absolute Gasteiger partial charge is 0.353 e. The van der Waals surface area contributed by atoms with Crippen LogP contribution in [0.25, 0.3) is 0 Å². The van der Waals surface area contributed by atoms with Gasteiger partial charge in [-0.15, -0.1) is 11.3 Å². The summed E-state index contributed by atoms with van der Waals surface area (Å²) < 4.78 is 0. The Morgan fingerprint density at radius 1 is 1.59 bits per heavy atom. The summed E-state index contributed by atoms with van der Waals surface area (Å²) in [5, 5.41) is 6.34. The van der Waals surface area contributed by atoms with Gasteiger partial charge >= 0.3 is 0 Å². The molecule has 2 rings (SSSR count). The Kier molecular flexibility index (Phi) is 4.50. The van der Waals surface area contributed by atoms with Crippen molar-refractivity contribution in [1.82, 2.24) is 15.6 Å². The molecule has 1 heterocycles. The molecule has 0 unspecified atom stereocenters. The third kappa shape index (κ3) is 4.44. The lowest BCUT2D eigenvalue weighted by atomic mass is 10.3. The predicted molar refractivity (Wildman–Crippen MR) is 69.0 cm³/mol. The summed E-state index contributed by atoms with van der Waals surface area (Å²) in [4.78, 5) is 16.9. The number of hydrogen-bond acceptors (Lipinski definition) is 4. The van der Waals surface area contributed by atoms with Gasteiger partial charge in [-0.3, -0.25) is 4.79 Å². The second-order valence-electron chi connectivity index (χ2n) is 4.48. The van der Waals surface area contributed by atoms with Gasteiger partial charge in [0.25, 0.3) is 0 Å². The van der Waals surface area contributed by atoms with Crippen LogP contribution < -0.4 is 10.6 Å². The van der Waals surface area contributed by atoms with Crippen LogP contribution in [0.3, 0.4) is 0 Å². The highest BCUT2D eigenvalue weighted by molar-refractivity contribution is 7.09. The fourth-order valence-corrected chi connectivity index (χ4v) is 2.35. The lowest BCUT2D eigenvalue weighted by molar-refractivity contribution is -0.121. The van der Waals surface area contributed by atoms with E-state index >= 15 is 0 Å². The first kappa shape index (κ1) is 12.5. The van der Waals surface area contributed by atoms with Crippen molar-refractivity contribution < 1.29 is 4.79 Å². The van der Waals surface area contributed by atoms with Crippen molar-refractivity contribution >= 4 is 17.2 Å². The number of carbonyl (C=O) groups excluding carboxylic acids is 1. The molecule has 1 aliphatic rings. The number of aryl methyl sites for hydroxylation is 1. The number of nitrogens with zero attached hydrogens (tertiary/aromatic N) is 1. The van der Waals surface area contributed by atoms with Gasteiger partial charge in [0.1, 0.15) is 0 Å². The van der Waals surface area contributed by atoms with Crippen LogP contribution in [0.1, 0.15) is 36.3 Å².